The maximum absolute atomic E-state index is 13.8. The highest BCUT2D eigenvalue weighted by Gasteiger charge is 2.36. The molecule has 1 aliphatic rings. The number of imidazole rings is 1. The lowest BCUT2D eigenvalue weighted by Crippen LogP contribution is -2.31. The summed E-state index contributed by atoms with van der Waals surface area (Å²) in [6, 6.07) is 9.93. The van der Waals surface area contributed by atoms with Crippen LogP contribution in [0.25, 0.3) is 21.5 Å². The maximum atomic E-state index is 13.8. The SMILES string of the molecule is C=C1CC(c2nc3cc(Cl)c(C)cc3[nH]2)N(C(=O)c2nc(C)sc2-c2ccc(C)c(C)c2)C1. The summed E-state index contributed by atoms with van der Waals surface area (Å²) in [5.41, 5.74) is 7.64. The smallest absolute Gasteiger partial charge is 0.274 e. The molecule has 33 heavy (non-hydrogen) atoms. The molecule has 1 unspecified atom stereocenters. The second-order valence-electron chi connectivity index (χ2n) is 8.85. The standard InChI is InChI=1S/C26H25ClN4OS/c1-13-8-22(25-29-20-10-16(4)19(27)11-21(20)30-25)31(12-13)26(32)23-24(33-17(5)28-23)18-7-6-14(2)15(3)9-18/h6-7,9-11,22H,1,8,12H2,2-5H3,(H,29,30). The van der Waals surface area contributed by atoms with Crippen molar-refractivity contribution in [2.45, 2.75) is 40.2 Å². The number of benzene rings is 2. The first-order valence-electron chi connectivity index (χ1n) is 10.9. The van der Waals surface area contributed by atoms with Gasteiger partial charge in [0, 0.05) is 11.6 Å². The fraction of sp³-hybridized carbons (Fsp3) is 0.269. The van der Waals surface area contributed by atoms with E-state index in [1.165, 1.54) is 11.1 Å². The zero-order chi connectivity index (χ0) is 23.4. The Morgan fingerprint density at radius 2 is 1.91 bits per heavy atom. The number of nitrogens with zero attached hydrogens (tertiary/aromatic N) is 3. The minimum atomic E-state index is -0.217. The third-order valence-corrected chi connectivity index (χ3v) is 7.74. The number of thiazole rings is 1. The highest BCUT2D eigenvalue weighted by Crippen LogP contribution is 2.38. The van der Waals surface area contributed by atoms with Crippen LogP contribution in [-0.2, 0) is 0 Å². The number of hydrogen-bond acceptors (Lipinski definition) is 4. The lowest BCUT2D eigenvalue weighted by Gasteiger charge is -2.22. The Bertz CT molecular complexity index is 1390. The van der Waals surface area contributed by atoms with E-state index in [1.54, 1.807) is 11.3 Å². The summed E-state index contributed by atoms with van der Waals surface area (Å²) in [4.78, 5) is 29.4. The number of amides is 1. The van der Waals surface area contributed by atoms with Gasteiger partial charge >= 0.3 is 0 Å². The lowest BCUT2D eigenvalue weighted by molar-refractivity contribution is 0.0728. The third-order valence-electron chi connectivity index (χ3n) is 6.32. The number of hydrogen-bond donors (Lipinski definition) is 1. The Balaban J connectivity index is 1.54. The van der Waals surface area contributed by atoms with Gasteiger partial charge in [-0.15, -0.1) is 11.3 Å². The van der Waals surface area contributed by atoms with Crippen LogP contribution in [0.15, 0.2) is 42.5 Å². The number of H-pyrrole nitrogens is 1. The van der Waals surface area contributed by atoms with E-state index >= 15 is 0 Å². The topological polar surface area (TPSA) is 61.9 Å². The Kier molecular flexibility index (Phi) is 5.38. The van der Waals surface area contributed by atoms with Crippen molar-refractivity contribution in [3.05, 3.63) is 80.7 Å². The molecule has 5 rings (SSSR count). The molecule has 1 fully saturated rings. The number of aromatic amines is 1. The molecule has 1 N–H and O–H groups in total. The van der Waals surface area contributed by atoms with Gasteiger partial charge in [0.25, 0.3) is 5.91 Å². The minimum absolute atomic E-state index is 0.0918. The van der Waals surface area contributed by atoms with Gasteiger partial charge in [0.1, 0.15) is 11.5 Å². The number of fused-ring (bicyclic) bond motifs is 1. The van der Waals surface area contributed by atoms with Gasteiger partial charge in [0.15, 0.2) is 0 Å². The van der Waals surface area contributed by atoms with E-state index in [0.717, 1.165) is 43.4 Å². The zero-order valence-electron chi connectivity index (χ0n) is 19.1. The molecular formula is C26H25ClN4OS. The summed E-state index contributed by atoms with van der Waals surface area (Å²) in [6.45, 7) is 12.7. The lowest BCUT2D eigenvalue weighted by atomic mass is 10.0. The number of aromatic nitrogens is 3. The van der Waals surface area contributed by atoms with E-state index in [9.17, 15) is 4.79 Å². The summed E-state index contributed by atoms with van der Waals surface area (Å²) < 4.78 is 0. The van der Waals surface area contributed by atoms with E-state index in [2.05, 4.69) is 48.6 Å². The Hall–Kier alpha value is -2.96. The van der Waals surface area contributed by atoms with Crippen molar-refractivity contribution in [1.29, 1.82) is 0 Å². The molecular weight excluding hydrogens is 452 g/mol. The largest absolute Gasteiger partial charge is 0.340 e. The minimum Gasteiger partial charge on any atom is -0.340 e. The van der Waals surface area contributed by atoms with Crippen molar-refractivity contribution in [3.63, 3.8) is 0 Å². The summed E-state index contributed by atoms with van der Waals surface area (Å²) in [5.74, 6) is 0.657. The average Bonchev–Trinajstić information content (AvgIpc) is 3.46. The molecule has 5 nitrogen and oxygen atoms in total. The van der Waals surface area contributed by atoms with Crippen LogP contribution in [0, 0.1) is 27.7 Å². The molecule has 4 aromatic rings. The summed E-state index contributed by atoms with van der Waals surface area (Å²) in [5, 5.41) is 1.55. The maximum Gasteiger partial charge on any atom is 0.274 e. The molecule has 0 radical (unpaired) electrons. The monoisotopic (exact) mass is 476 g/mol. The second-order valence-corrected chi connectivity index (χ2v) is 10.5. The Morgan fingerprint density at radius 1 is 1.12 bits per heavy atom. The zero-order valence-corrected chi connectivity index (χ0v) is 20.7. The van der Waals surface area contributed by atoms with Crippen LogP contribution in [0.5, 0.6) is 0 Å². The van der Waals surface area contributed by atoms with Crippen molar-refractivity contribution < 1.29 is 4.79 Å². The van der Waals surface area contributed by atoms with E-state index in [-0.39, 0.29) is 11.9 Å². The molecule has 1 aliphatic heterocycles. The van der Waals surface area contributed by atoms with Crippen molar-refractivity contribution in [3.8, 4) is 10.4 Å². The normalized spacial score (nSPS) is 16.2. The highest BCUT2D eigenvalue weighted by molar-refractivity contribution is 7.15. The fourth-order valence-electron chi connectivity index (χ4n) is 4.36. The first kappa shape index (κ1) is 21.9. The number of likely N-dealkylation sites (tertiary alicyclic amines) is 1. The number of rotatable bonds is 3. The predicted octanol–water partition coefficient (Wildman–Crippen LogP) is 6.72. The fourth-order valence-corrected chi connectivity index (χ4v) is 5.43. The van der Waals surface area contributed by atoms with Crippen LogP contribution in [0.2, 0.25) is 5.02 Å². The molecule has 7 heteroatoms. The van der Waals surface area contributed by atoms with Crippen LogP contribution in [0.4, 0.5) is 0 Å². The summed E-state index contributed by atoms with van der Waals surface area (Å²) in [7, 11) is 0. The number of carbonyl (C=O) groups is 1. The van der Waals surface area contributed by atoms with Crippen molar-refractivity contribution in [2.24, 2.45) is 0 Å². The molecule has 1 atom stereocenters. The van der Waals surface area contributed by atoms with E-state index in [0.29, 0.717) is 23.7 Å². The van der Waals surface area contributed by atoms with Crippen LogP contribution in [0.1, 0.15) is 50.5 Å². The Labute approximate surface area is 202 Å². The molecule has 0 bridgehead atoms. The molecule has 1 amide bonds. The van der Waals surface area contributed by atoms with Crippen LogP contribution >= 0.6 is 22.9 Å². The van der Waals surface area contributed by atoms with Gasteiger partial charge in [-0.05, 0) is 68.5 Å². The van der Waals surface area contributed by atoms with Crippen LogP contribution in [0.3, 0.4) is 0 Å². The van der Waals surface area contributed by atoms with Gasteiger partial charge in [0.05, 0.1) is 27.0 Å². The summed E-state index contributed by atoms with van der Waals surface area (Å²) in [6.07, 6.45) is 0.667. The van der Waals surface area contributed by atoms with Crippen LogP contribution < -0.4 is 0 Å². The molecule has 0 saturated carbocycles. The van der Waals surface area contributed by atoms with Gasteiger partial charge in [-0.25, -0.2) is 9.97 Å². The third kappa shape index (κ3) is 3.87. The van der Waals surface area contributed by atoms with E-state index in [4.69, 9.17) is 16.6 Å². The van der Waals surface area contributed by atoms with Gasteiger partial charge in [-0.3, -0.25) is 4.79 Å². The Morgan fingerprint density at radius 3 is 2.67 bits per heavy atom. The van der Waals surface area contributed by atoms with Crippen molar-refractivity contribution in [2.75, 3.05) is 6.54 Å². The molecule has 0 aliphatic carbocycles. The predicted molar refractivity (Wildman–Crippen MR) is 135 cm³/mol. The van der Waals surface area contributed by atoms with E-state index < -0.39 is 0 Å². The first-order valence-corrected chi connectivity index (χ1v) is 12.1. The van der Waals surface area contributed by atoms with Crippen molar-refractivity contribution >= 4 is 39.9 Å². The molecule has 3 heterocycles. The number of carbonyl (C=O) groups excluding carboxylic acids is 1. The molecule has 0 spiro atoms. The highest BCUT2D eigenvalue weighted by atomic mass is 35.5. The van der Waals surface area contributed by atoms with Gasteiger partial charge in [-0.1, -0.05) is 42.0 Å². The van der Waals surface area contributed by atoms with Gasteiger partial charge in [0.2, 0.25) is 0 Å². The first-order chi connectivity index (χ1) is 15.7. The molecule has 1 saturated heterocycles. The van der Waals surface area contributed by atoms with Gasteiger partial charge in [-0.2, -0.15) is 0 Å². The molecule has 2 aromatic heterocycles. The summed E-state index contributed by atoms with van der Waals surface area (Å²) >= 11 is 7.85. The number of nitrogens with one attached hydrogen (secondary N) is 1. The van der Waals surface area contributed by atoms with Crippen LogP contribution in [-0.4, -0.2) is 32.3 Å². The number of aryl methyl sites for hydroxylation is 4. The number of halogens is 1. The molecule has 2 aromatic carbocycles. The van der Waals surface area contributed by atoms with E-state index in [1.807, 2.05) is 30.9 Å². The molecule has 168 valence electrons. The van der Waals surface area contributed by atoms with Gasteiger partial charge < -0.3 is 9.88 Å². The second kappa shape index (κ2) is 8.12. The van der Waals surface area contributed by atoms with Crippen molar-refractivity contribution in [1.82, 2.24) is 19.9 Å². The quantitative estimate of drug-likeness (QED) is 0.334. The average molecular weight is 477 g/mol.